The number of imidazole rings is 1. The summed E-state index contributed by atoms with van der Waals surface area (Å²) in [5, 5.41) is 24.9. The Morgan fingerprint density at radius 2 is 2.13 bits per heavy atom. The van der Waals surface area contributed by atoms with E-state index < -0.39 is 5.97 Å². The van der Waals surface area contributed by atoms with Crippen LogP contribution in [-0.4, -0.2) is 50.6 Å². The maximum absolute atomic E-state index is 12.3. The van der Waals surface area contributed by atoms with Gasteiger partial charge in [-0.15, -0.1) is 21.5 Å². The van der Waals surface area contributed by atoms with Crippen LogP contribution >= 0.6 is 34.4 Å². The lowest BCUT2D eigenvalue weighted by atomic mass is 10.2. The van der Waals surface area contributed by atoms with Gasteiger partial charge in [-0.05, 0) is 30.0 Å². The fourth-order valence-electron chi connectivity index (χ4n) is 2.81. The molecule has 0 saturated carbocycles. The van der Waals surface area contributed by atoms with Crippen molar-refractivity contribution >= 4 is 62.1 Å². The molecule has 0 atom stereocenters. The number of nitrogens with zero attached hydrogens (tertiary/aromatic N) is 3. The number of aromatic nitrogens is 4. The average molecular weight is 474 g/mol. The molecule has 8 nitrogen and oxygen atoms in total. The molecule has 3 N–H and O–H groups in total. The summed E-state index contributed by atoms with van der Waals surface area (Å²) in [4.78, 5) is 21.1. The molecule has 0 unspecified atom stereocenters. The number of rotatable bonds is 9. The van der Waals surface area contributed by atoms with Crippen LogP contribution in [0.3, 0.4) is 0 Å². The number of fused-ring (bicyclic) bond motifs is 1. The van der Waals surface area contributed by atoms with Crippen molar-refractivity contribution in [2.75, 3.05) is 24.7 Å². The number of aromatic amines is 1. The zero-order valence-corrected chi connectivity index (χ0v) is 18.9. The van der Waals surface area contributed by atoms with Crippen molar-refractivity contribution in [3.63, 3.8) is 0 Å². The number of thiophene rings is 1. The predicted molar refractivity (Wildman–Crippen MR) is 125 cm³/mol. The number of para-hydroxylation sites is 2. The monoisotopic (exact) mass is 473 g/mol. The minimum atomic E-state index is -0.662. The molecule has 0 radical (unpaired) electrons. The number of aliphatic hydroxyl groups excluding tert-OH is 1. The summed E-state index contributed by atoms with van der Waals surface area (Å²) in [6.45, 7) is 0.767. The van der Waals surface area contributed by atoms with Crippen molar-refractivity contribution in [2.45, 2.75) is 10.8 Å². The Hall–Kier alpha value is -2.89. The van der Waals surface area contributed by atoms with Crippen LogP contribution < -0.4 is 5.32 Å². The average Bonchev–Trinajstić information content (AvgIpc) is 3.53. The molecule has 0 aliphatic heterocycles. The van der Waals surface area contributed by atoms with Crippen LogP contribution in [0.25, 0.3) is 16.6 Å². The quantitative estimate of drug-likeness (QED) is 0.142. The Labute approximate surface area is 190 Å². The van der Waals surface area contributed by atoms with E-state index in [1.165, 1.54) is 35.1 Å². The second-order valence-electron chi connectivity index (χ2n) is 6.33. The van der Waals surface area contributed by atoms with Gasteiger partial charge in [0.25, 0.3) is 0 Å². The highest BCUT2D eigenvalue weighted by Crippen LogP contribution is 2.29. The predicted octanol–water partition coefficient (Wildman–Crippen LogP) is 4.36. The van der Waals surface area contributed by atoms with Gasteiger partial charge < -0.3 is 20.1 Å². The molecule has 4 aromatic rings. The highest BCUT2D eigenvalue weighted by Gasteiger charge is 2.22. The smallest absolute Gasteiger partial charge is 0.345 e. The van der Waals surface area contributed by atoms with Gasteiger partial charge in [-0.3, -0.25) is 0 Å². The molecule has 11 heteroatoms. The summed E-state index contributed by atoms with van der Waals surface area (Å²) in [6, 6.07) is 11.5. The molecule has 0 aliphatic carbocycles. The third-order valence-electron chi connectivity index (χ3n) is 4.27. The van der Waals surface area contributed by atoms with Gasteiger partial charge in [0.05, 0.1) is 23.9 Å². The first-order valence-corrected chi connectivity index (χ1v) is 12.0. The Balaban J connectivity index is 1.42. The summed E-state index contributed by atoms with van der Waals surface area (Å²) in [7, 11) is 1.27. The number of ether oxygens (including phenoxy) is 1. The second-order valence-corrected chi connectivity index (χ2v) is 9.57. The standard InChI is InChI=1S/C20H19N5O3S3/c1-28-18(27)16(17-22-13-6-2-3-7-14(13)23-17)15(26)11-30-20-25-24-19(31-20)21-9-8-12-5-4-10-29-12/h2-7,10,26H,8-9,11H2,1H3,(H,21,24)(H,22,23)/b16-15+. The zero-order chi connectivity index (χ0) is 21.6. The van der Waals surface area contributed by atoms with Crippen LogP contribution in [0.4, 0.5) is 5.13 Å². The van der Waals surface area contributed by atoms with Gasteiger partial charge in [-0.1, -0.05) is 41.3 Å². The van der Waals surface area contributed by atoms with Crippen molar-refractivity contribution in [3.05, 3.63) is 58.2 Å². The Bertz CT molecular complexity index is 1170. The summed E-state index contributed by atoms with van der Waals surface area (Å²) >= 11 is 4.41. The van der Waals surface area contributed by atoms with E-state index >= 15 is 0 Å². The van der Waals surface area contributed by atoms with Gasteiger partial charge in [0, 0.05) is 11.4 Å². The number of nitrogens with one attached hydrogen (secondary N) is 2. The summed E-state index contributed by atoms with van der Waals surface area (Å²) in [6.07, 6.45) is 0.920. The van der Waals surface area contributed by atoms with Crippen molar-refractivity contribution in [2.24, 2.45) is 0 Å². The first-order valence-electron chi connectivity index (χ1n) is 9.32. The number of carbonyl (C=O) groups excluding carboxylic acids is 1. The Morgan fingerprint density at radius 1 is 1.26 bits per heavy atom. The van der Waals surface area contributed by atoms with Crippen LogP contribution in [-0.2, 0) is 16.0 Å². The van der Waals surface area contributed by atoms with Crippen molar-refractivity contribution < 1.29 is 14.6 Å². The molecule has 1 aromatic carbocycles. The van der Waals surface area contributed by atoms with Crippen molar-refractivity contribution in [3.8, 4) is 0 Å². The fraction of sp³-hybridized carbons (Fsp3) is 0.200. The number of H-pyrrole nitrogens is 1. The Kier molecular flexibility index (Phi) is 6.85. The first kappa shape index (κ1) is 21.3. The number of benzene rings is 1. The topological polar surface area (TPSA) is 113 Å². The highest BCUT2D eigenvalue weighted by atomic mass is 32.2. The number of aliphatic hydroxyl groups is 1. The lowest BCUT2D eigenvalue weighted by Gasteiger charge is -2.06. The molecule has 0 bridgehead atoms. The van der Waals surface area contributed by atoms with Crippen LogP contribution in [0.2, 0.25) is 0 Å². The third kappa shape index (κ3) is 5.24. The molecular formula is C20H19N5O3S3. The van der Waals surface area contributed by atoms with Gasteiger partial charge in [0.15, 0.2) is 4.34 Å². The lowest BCUT2D eigenvalue weighted by molar-refractivity contribution is -0.133. The second kappa shape index (κ2) is 9.94. The minimum Gasteiger partial charge on any atom is -0.510 e. The maximum Gasteiger partial charge on any atom is 0.345 e. The number of esters is 1. The van der Waals surface area contributed by atoms with Gasteiger partial charge >= 0.3 is 5.97 Å². The van der Waals surface area contributed by atoms with E-state index in [1.807, 2.05) is 30.3 Å². The summed E-state index contributed by atoms with van der Waals surface area (Å²) < 4.78 is 5.53. The van der Waals surface area contributed by atoms with Crippen LogP contribution in [0.15, 0.2) is 51.9 Å². The van der Waals surface area contributed by atoms with Gasteiger partial charge in [0.1, 0.15) is 17.2 Å². The van der Waals surface area contributed by atoms with E-state index in [0.29, 0.717) is 15.0 Å². The molecule has 31 heavy (non-hydrogen) atoms. The van der Waals surface area contributed by atoms with E-state index in [0.717, 1.165) is 18.5 Å². The zero-order valence-electron chi connectivity index (χ0n) is 16.5. The lowest BCUT2D eigenvalue weighted by Crippen LogP contribution is -2.09. The largest absolute Gasteiger partial charge is 0.510 e. The molecule has 3 aromatic heterocycles. The van der Waals surface area contributed by atoms with E-state index in [1.54, 1.807) is 11.3 Å². The first-order chi connectivity index (χ1) is 15.1. The third-order valence-corrected chi connectivity index (χ3v) is 7.23. The normalized spacial score (nSPS) is 12.0. The highest BCUT2D eigenvalue weighted by molar-refractivity contribution is 8.01. The molecular weight excluding hydrogens is 454 g/mol. The molecule has 0 aliphatic rings. The fourth-order valence-corrected chi connectivity index (χ4v) is 5.18. The van der Waals surface area contributed by atoms with Crippen molar-refractivity contribution in [1.29, 1.82) is 0 Å². The van der Waals surface area contributed by atoms with Gasteiger partial charge in [-0.2, -0.15) is 0 Å². The number of methoxy groups -OCH3 is 1. The van der Waals surface area contributed by atoms with E-state index in [-0.39, 0.29) is 22.9 Å². The summed E-state index contributed by atoms with van der Waals surface area (Å²) in [5.41, 5.74) is 1.47. The molecule has 0 amide bonds. The molecule has 3 heterocycles. The van der Waals surface area contributed by atoms with Crippen LogP contribution in [0.1, 0.15) is 10.7 Å². The van der Waals surface area contributed by atoms with Gasteiger partial charge in [0.2, 0.25) is 5.13 Å². The number of hydrogen-bond acceptors (Lipinski definition) is 10. The maximum atomic E-state index is 12.3. The van der Waals surface area contributed by atoms with E-state index in [9.17, 15) is 9.90 Å². The van der Waals surface area contributed by atoms with Crippen LogP contribution in [0, 0.1) is 0 Å². The SMILES string of the molecule is COC(=O)/C(=C(/O)CSc1nnc(NCCc2cccs2)s1)c1nc2ccccc2[nH]1. The minimum absolute atomic E-state index is 0.00464. The molecule has 0 spiro atoms. The van der Waals surface area contributed by atoms with E-state index in [2.05, 4.69) is 36.9 Å². The number of carbonyl (C=O) groups is 1. The van der Waals surface area contributed by atoms with Crippen LogP contribution in [0.5, 0.6) is 0 Å². The summed E-state index contributed by atoms with van der Waals surface area (Å²) in [5.74, 6) is -0.409. The van der Waals surface area contributed by atoms with Gasteiger partial charge in [-0.25, -0.2) is 9.78 Å². The van der Waals surface area contributed by atoms with E-state index in [4.69, 9.17) is 4.74 Å². The number of thioether (sulfide) groups is 1. The molecule has 0 fully saturated rings. The number of hydrogen-bond donors (Lipinski definition) is 3. The Morgan fingerprint density at radius 3 is 2.90 bits per heavy atom. The molecule has 0 saturated heterocycles. The number of anilines is 1. The van der Waals surface area contributed by atoms with Crippen molar-refractivity contribution in [1.82, 2.24) is 20.2 Å². The molecule has 4 rings (SSSR count). The molecule has 160 valence electrons.